The van der Waals surface area contributed by atoms with Gasteiger partial charge >= 0.3 is 0 Å². The highest BCUT2D eigenvalue weighted by atomic mass is 127. The van der Waals surface area contributed by atoms with E-state index in [9.17, 15) is 33.6 Å². The molecule has 3 aliphatic carbocycles. The lowest BCUT2D eigenvalue weighted by molar-refractivity contribution is 0.0917. The number of pyridine rings is 2. The summed E-state index contributed by atoms with van der Waals surface area (Å²) in [6, 6.07) is 67.0. The number of carbonyl (C=O) groups excluding carboxylic acids is 5. The zero-order chi connectivity index (χ0) is 56.8. The van der Waals surface area contributed by atoms with Gasteiger partial charge in [-0.25, -0.2) is 0 Å². The number of amides is 1. The molecule has 0 saturated carbocycles. The van der Waals surface area contributed by atoms with Gasteiger partial charge in [0.2, 0.25) is 0 Å². The summed E-state index contributed by atoms with van der Waals surface area (Å²) in [6.45, 7) is 1.47. The second-order valence-corrected chi connectivity index (χ2v) is 23.3. The molecule has 1 aliphatic heterocycles. The Morgan fingerprint density at radius 2 is 0.866 bits per heavy atom. The van der Waals surface area contributed by atoms with E-state index in [1.165, 1.54) is 0 Å². The molecule has 13 heteroatoms. The minimum Gasteiger partial charge on any atom is -0.348 e. The van der Waals surface area contributed by atoms with Crippen LogP contribution in [-0.4, -0.2) is 38.2 Å². The third-order valence-electron chi connectivity index (χ3n) is 15.1. The first kappa shape index (κ1) is 54.3. The highest BCUT2D eigenvalue weighted by Gasteiger charge is 2.37. The number of hydrogen-bond donors (Lipinski definition) is 1. The Morgan fingerprint density at radius 1 is 0.402 bits per heavy atom. The summed E-state index contributed by atoms with van der Waals surface area (Å²) in [4.78, 5) is 87.2. The van der Waals surface area contributed by atoms with Crippen molar-refractivity contribution in [2.24, 2.45) is 0 Å². The first-order valence-electron chi connectivity index (χ1n) is 26.3. The lowest BCUT2D eigenvalue weighted by Gasteiger charge is -2.16. The van der Waals surface area contributed by atoms with Crippen molar-refractivity contribution in [2.75, 3.05) is 0 Å². The van der Waals surface area contributed by atoms with Gasteiger partial charge in [0.25, 0.3) is 17.0 Å². The van der Waals surface area contributed by atoms with Crippen LogP contribution in [-0.2, 0) is 19.6 Å². The second kappa shape index (κ2) is 22.9. The number of fused-ring (bicyclic) bond motifs is 10. The van der Waals surface area contributed by atoms with E-state index in [-0.39, 0.29) is 46.6 Å². The Morgan fingerprint density at radius 3 is 1.50 bits per heavy atom. The second-order valence-electron chi connectivity index (χ2n) is 19.8. The zero-order valence-corrected chi connectivity index (χ0v) is 49.9. The van der Waals surface area contributed by atoms with E-state index >= 15 is 0 Å². The van der Waals surface area contributed by atoms with Gasteiger partial charge in [-0.15, -0.1) is 0 Å². The first-order valence-corrected chi connectivity index (χ1v) is 29.5. The van der Waals surface area contributed by atoms with Gasteiger partial charge in [0.15, 0.2) is 23.1 Å². The van der Waals surface area contributed by atoms with E-state index in [1.54, 1.807) is 39.5 Å². The van der Waals surface area contributed by atoms with E-state index < -0.39 is 0 Å². The molecule has 0 saturated heterocycles. The number of halogens is 3. The van der Waals surface area contributed by atoms with Gasteiger partial charge in [0.05, 0.1) is 47.6 Å². The molecule has 0 fully saturated rings. The van der Waals surface area contributed by atoms with E-state index in [4.69, 9.17) is 0 Å². The van der Waals surface area contributed by atoms with Gasteiger partial charge in [-0.05, 0) is 132 Å². The van der Waals surface area contributed by atoms with Crippen LogP contribution in [0.3, 0.4) is 0 Å². The van der Waals surface area contributed by atoms with Crippen LogP contribution in [0.4, 0.5) is 0 Å². The van der Waals surface area contributed by atoms with E-state index in [0.717, 1.165) is 77.4 Å². The molecule has 11 aromatic rings. The van der Waals surface area contributed by atoms with E-state index in [1.807, 2.05) is 164 Å². The van der Waals surface area contributed by atoms with Crippen molar-refractivity contribution in [2.45, 2.75) is 26.1 Å². The summed E-state index contributed by atoms with van der Waals surface area (Å²) < 4.78 is 6.78. The van der Waals surface area contributed by atoms with Gasteiger partial charge in [-0.1, -0.05) is 176 Å². The lowest BCUT2D eigenvalue weighted by Crippen LogP contribution is -2.24. The Balaban J connectivity index is 0.000000113. The summed E-state index contributed by atoms with van der Waals surface area (Å²) in [5, 5.41) is 5.63. The average Bonchev–Trinajstić information content (AvgIpc) is 4.05. The molecular formula is C69H44I3N3O7. The molecule has 4 aliphatic rings. The van der Waals surface area contributed by atoms with Crippen molar-refractivity contribution >= 4 is 118 Å². The van der Waals surface area contributed by atoms with Crippen LogP contribution in [0.5, 0.6) is 0 Å². The summed E-state index contributed by atoms with van der Waals surface area (Å²) >= 11 is 6.74. The van der Waals surface area contributed by atoms with Crippen LogP contribution in [0.2, 0.25) is 0 Å². The molecule has 15 rings (SSSR count). The molecular weight excluding hydrogens is 1360 g/mol. The highest BCUT2D eigenvalue weighted by molar-refractivity contribution is 14.1. The van der Waals surface area contributed by atoms with Gasteiger partial charge in [-0.3, -0.25) is 33.6 Å². The van der Waals surface area contributed by atoms with Crippen molar-refractivity contribution in [3.05, 3.63) is 299 Å². The molecule has 0 spiro atoms. The Kier molecular flexibility index (Phi) is 15.2. The van der Waals surface area contributed by atoms with Crippen LogP contribution in [0, 0.1) is 10.7 Å². The number of benzene rings is 9. The van der Waals surface area contributed by atoms with Gasteiger partial charge in [0, 0.05) is 72.2 Å². The van der Waals surface area contributed by atoms with Gasteiger partial charge in [-0.2, -0.15) is 0 Å². The fourth-order valence-electron chi connectivity index (χ4n) is 11.2. The number of nitrogens with zero attached hydrogens (tertiary/aromatic N) is 2. The Hall–Kier alpha value is -8.26. The molecule has 1 N–H and O–H groups in total. The van der Waals surface area contributed by atoms with Crippen LogP contribution < -0.4 is 16.4 Å². The summed E-state index contributed by atoms with van der Waals surface area (Å²) in [6.07, 6.45) is 0.0549. The minimum absolute atomic E-state index is 0.00620. The van der Waals surface area contributed by atoms with Crippen molar-refractivity contribution in [1.29, 1.82) is 0 Å². The Labute approximate surface area is 511 Å². The molecule has 9 aromatic carbocycles. The summed E-state index contributed by atoms with van der Waals surface area (Å²) in [5.41, 5.74) is 13.1. The molecule has 0 unspecified atom stereocenters. The van der Waals surface area contributed by atoms with Crippen LogP contribution in [0.25, 0.3) is 55.2 Å². The van der Waals surface area contributed by atoms with Crippen molar-refractivity contribution in [1.82, 2.24) is 14.5 Å². The maximum atomic E-state index is 13.4. The number of hydrogen-bond acceptors (Lipinski definition) is 7. The fourth-order valence-corrected chi connectivity index (χ4v) is 13.0. The molecule has 0 bridgehead atoms. The van der Waals surface area contributed by atoms with E-state index in [2.05, 4.69) is 91.3 Å². The van der Waals surface area contributed by atoms with Crippen molar-refractivity contribution in [3.63, 3.8) is 0 Å². The van der Waals surface area contributed by atoms with Crippen LogP contribution in [0.15, 0.2) is 222 Å². The molecule has 0 atom stereocenters. The largest absolute Gasteiger partial charge is 0.348 e. The molecule has 1 amide bonds. The predicted octanol–water partition coefficient (Wildman–Crippen LogP) is 14.4. The number of carbonyl (C=O) groups is 5. The van der Waals surface area contributed by atoms with Gasteiger partial charge < -0.3 is 14.5 Å². The molecule has 3 heterocycles. The van der Waals surface area contributed by atoms with Crippen molar-refractivity contribution < 1.29 is 24.0 Å². The normalized spacial score (nSPS) is 12.6. The average molecular weight is 1410 g/mol. The van der Waals surface area contributed by atoms with Crippen LogP contribution in [0.1, 0.15) is 86.0 Å². The summed E-state index contributed by atoms with van der Waals surface area (Å²) in [5.74, 6) is -0.120. The van der Waals surface area contributed by atoms with Gasteiger partial charge in [0.1, 0.15) is 0 Å². The smallest absolute Gasteiger partial charge is 0.259 e. The van der Waals surface area contributed by atoms with Crippen LogP contribution >= 0.6 is 67.8 Å². The lowest BCUT2D eigenvalue weighted by atomic mass is 9.94. The maximum absolute atomic E-state index is 13.4. The topological polar surface area (TPSA) is 141 Å². The third kappa shape index (κ3) is 9.87. The number of Topliss-reactive ketones (excluding diaryl/α,β-unsaturated/α-hetero) is 2. The molecule has 82 heavy (non-hydrogen) atoms. The number of aromatic nitrogens is 2. The molecule has 2 aromatic heterocycles. The fraction of sp³-hybridized carbons (Fsp3) is 0.0580. The molecule has 0 radical (unpaired) electrons. The Bertz CT molecular complexity index is 4620. The first-order chi connectivity index (χ1) is 39.9. The predicted molar refractivity (Wildman–Crippen MR) is 346 cm³/mol. The monoisotopic (exact) mass is 1410 g/mol. The highest BCUT2D eigenvalue weighted by Crippen LogP contribution is 2.47. The standard InChI is InChI=1S/C23H14INO2.C23H13NO2.C14H11I2NO.C9H6O2/c24-19-12-6-1-7-14(19)13-25-21-16-9-3-4-10-17(16)22(26)20(21)15-8-2-5-11-18(15)23(25)27;25-22-18-11-5-10-15-14-7-2-1-6-13(14)12-24-21(19(15)18)20(22)16-8-3-4-9-17(16)23(24)26;15-12-7-3-1-5-10(12)9-17-14(18)11-6-2-4-8-13(11)16;10-8-5-9(11)7-4-2-1-3-6(7)8/h1-12H,13H2;1-11H,12H2;1-8H,9H2,(H,17,18);1-4H,5H2. The zero-order valence-electron chi connectivity index (χ0n) is 43.4. The molecule has 398 valence electrons. The van der Waals surface area contributed by atoms with E-state index in [0.29, 0.717) is 63.8 Å². The summed E-state index contributed by atoms with van der Waals surface area (Å²) in [7, 11) is 0. The number of nitrogens with one attached hydrogen (secondary N) is 1. The quantitative estimate of drug-likeness (QED) is 0.134. The van der Waals surface area contributed by atoms with Crippen molar-refractivity contribution in [3.8, 4) is 33.6 Å². The third-order valence-corrected chi connectivity index (χ3v) is 18.1. The number of ketones is 4. The number of rotatable bonds is 5. The molecule has 10 nitrogen and oxygen atoms in total. The SMILES string of the molecule is O=C(NCc1ccccc1I)c1ccccc1I.O=C1CC(=O)c2ccccc21.O=C1c2cccc3c2-c2c1c1ccccc1c(=O)n2Cc1ccccc1-3.O=C1c2ccccc2-c2c1c1ccccc1c(=O)n2Cc1ccccc1I. The minimum atomic E-state index is -0.0616. The maximum Gasteiger partial charge on any atom is 0.259 e.